The number of aromatic nitrogens is 2. The Morgan fingerprint density at radius 1 is 0.958 bits per heavy atom. The molecule has 24 heavy (non-hydrogen) atoms. The van der Waals surface area contributed by atoms with Crippen LogP contribution in [0.2, 0.25) is 0 Å². The van der Waals surface area contributed by atoms with Crippen LogP contribution in [0.5, 0.6) is 0 Å². The Labute approximate surface area is 137 Å². The maximum absolute atomic E-state index is 13.1. The Morgan fingerprint density at radius 3 is 2.58 bits per heavy atom. The van der Waals surface area contributed by atoms with Crippen molar-refractivity contribution in [3.8, 4) is 0 Å². The van der Waals surface area contributed by atoms with E-state index in [0.717, 1.165) is 0 Å². The molecule has 3 aromatic rings. The highest BCUT2D eigenvalue weighted by molar-refractivity contribution is 6.20. The molecular formula is C18H12N4O2. The maximum Gasteiger partial charge on any atom is 0.264 e. The standard InChI is InChI=1S/C18H12N4O2/c23-17-13-4-1-2-6-15(13)22(16-14(21-17)5-3-9-20-16)18(24)12-7-10-19-11-8-12/h1-11H,(H,21,23). The van der Waals surface area contributed by atoms with Gasteiger partial charge in [-0.15, -0.1) is 0 Å². The molecule has 6 heteroatoms. The fourth-order valence-corrected chi connectivity index (χ4v) is 2.67. The Hall–Kier alpha value is -3.54. The second kappa shape index (κ2) is 5.58. The van der Waals surface area contributed by atoms with E-state index in [0.29, 0.717) is 28.3 Å². The Balaban J connectivity index is 1.96. The number of nitrogens with zero attached hydrogens (tertiary/aromatic N) is 3. The third-order valence-electron chi connectivity index (χ3n) is 3.77. The summed E-state index contributed by atoms with van der Waals surface area (Å²) in [6, 6.07) is 13.7. The third-order valence-corrected chi connectivity index (χ3v) is 3.77. The SMILES string of the molecule is O=C1Nc2cccnc2N(C(=O)c2ccncc2)c2ccccc21. The molecule has 0 aliphatic carbocycles. The fraction of sp³-hybridized carbons (Fsp3) is 0. The van der Waals surface area contributed by atoms with E-state index in [1.807, 2.05) is 0 Å². The molecule has 0 fully saturated rings. The van der Waals surface area contributed by atoms with Gasteiger partial charge < -0.3 is 5.32 Å². The van der Waals surface area contributed by atoms with E-state index in [2.05, 4.69) is 15.3 Å². The monoisotopic (exact) mass is 316 g/mol. The van der Waals surface area contributed by atoms with Crippen LogP contribution in [0.15, 0.2) is 67.1 Å². The van der Waals surface area contributed by atoms with Gasteiger partial charge in [0.25, 0.3) is 11.8 Å². The van der Waals surface area contributed by atoms with Gasteiger partial charge in [-0.25, -0.2) is 4.98 Å². The number of pyridine rings is 2. The van der Waals surface area contributed by atoms with E-state index in [1.54, 1.807) is 67.1 Å². The molecule has 116 valence electrons. The van der Waals surface area contributed by atoms with E-state index in [9.17, 15) is 9.59 Å². The van der Waals surface area contributed by atoms with Crippen molar-refractivity contribution in [2.75, 3.05) is 10.2 Å². The van der Waals surface area contributed by atoms with Gasteiger partial charge in [0, 0.05) is 24.2 Å². The van der Waals surface area contributed by atoms with Crippen molar-refractivity contribution in [1.82, 2.24) is 9.97 Å². The summed E-state index contributed by atoms with van der Waals surface area (Å²) < 4.78 is 0. The summed E-state index contributed by atoms with van der Waals surface area (Å²) in [5.74, 6) is -0.163. The molecule has 6 nitrogen and oxygen atoms in total. The molecule has 0 bridgehead atoms. The van der Waals surface area contributed by atoms with E-state index in [-0.39, 0.29) is 11.8 Å². The topological polar surface area (TPSA) is 75.2 Å². The van der Waals surface area contributed by atoms with Crippen LogP contribution in [0.3, 0.4) is 0 Å². The number of carbonyl (C=O) groups excluding carboxylic acids is 2. The van der Waals surface area contributed by atoms with Crippen LogP contribution in [0, 0.1) is 0 Å². The minimum Gasteiger partial charge on any atom is -0.319 e. The molecule has 4 rings (SSSR count). The van der Waals surface area contributed by atoms with Crippen molar-refractivity contribution >= 4 is 29.0 Å². The van der Waals surface area contributed by atoms with Crippen LogP contribution in [-0.2, 0) is 0 Å². The first-order chi connectivity index (χ1) is 11.8. The van der Waals surface area contributed by atoms with Gasteiger partial charge in [0.15, 0.2) is 5.82 Å². The zero-order valence-corrected chi connectivity index (χ0v) is 12.5. The van der Waals surface area contributed by atoms with Gasteiger partial charge in [-0.3, -0.25) is 19.5 Å². The molecule has 0 unspecified atom stereocenters. The highest BCUT2D eigenvalue weighted by atomic mass is 16.2. The van der Waals surface area contributed by atoms with Crippen LogP contribution >= 0.6 is 0 Å². The largest absolute Gasteiger partial charge is 0.319 e. The Bertz CT molecular complexity index is 941. The lowest BCUT2D eigenvalue weighted by atomic mass is 10.1. The first kappa shape index (κ1) is 14.1. The Kier molecular flexibility index (Phi) is 3.28. The molecule has 1 N–H and O–H groups in total. The van der Waals surface area contributed by atoms with Crippen molar-refractivity contribution in [2.45, 2.75) is 0 Å². The highest BCUT2D eigenvalue weighted by Gasteiger charge is 2.30. The van der Waals surface area contributed by atoms with Crippen LogP contribution < -0.4 is 10.2 Å². The Morgan fingerprint density at radius 2 is 1.75 bits per heavy atom. The second-order valence-electron chi connectivity index (χ2n) is 5.22. The van der Waals surface area contributed by atoms with Gasteiger partial charge in [0.1, 0.15) is 0 Å². The number of anilines is 3. The fourth-order valence-electron chi connectivity index (χ4n) is 2.67. The van der Waals surface area contributed by atoms with Crippen molar-refractivity contribution in [2.24, 2.45) is 0 Å². The van der Waals surface area contributed by atoms with Gasteiger partial charge in [0.2, 0.25) is 0 Å². The zero-order valence-electron chi connectivity index (χ0n) is 12.5. The zero-order chi connectivity index (χ0) is 16.5. The molecule has 0 radical (unpaired) electrons. The lowest BCUT2D eigenvalue weighted by Gasteiger charge is -2.22. The summed E-state index contributed by atoms with van der Waals surface area (Å²) in [6.45, 7) is 0. The summed E-state index contributed by atoms with van der Waals surface area (Å²) >= 11 is 0. The number of rotatable bonds is 1. The van der Waals surface area contributed by atoms with Gasteiger partial charge in [-0.2, -0.15) is 0 Å². The predicted octanol–water partition coefficient (Wildman–Crippen LogP) is 3.02. The van der Waals surface area contributed by atoms with E-state index in [1.165, 1.54) is 4.90 Å². The number of nitrogens with one attached hydrogen (secondary N) is 1. The number of hydrogen-bond donors (Lipinski definition) is 1. The van der Waals surface area contributed by atoms with Gasteiger partial charge in [-0.1, -0.05) is 12.1 Å². The lowest BCUT2D eigenvalue weighted by molar-refractivity contribution is 0.0998. The van der Waals surface area contributed by atoms with Crippen LogP contribution in [0.4, 0.5) is 17.2 Å². The first-order valence-electron chi connectivity index (χ1n) is 7.35. The average Bonchev–Trinajstić information content (AvgIpc) is 2.76. The van der Waals surface area contributed by atoms with Gasteiger partial charge in [0.05, 0.1) is 16.9 Å². The number of carbonyl (C=O) groups is 2. The summed E-state index contributed by atoms with van der Waals surface area (Å²) in [7, 11) is 0. The van der Waals surface area contributed by atoms with Crippen molar-refractivity contribution in [1.29, 1.82) is 0 Å². The molecule has 1 aromatic carbocycles. The quantitative estimate of drug-likeness (QED) is 0.749. The molecule has 1 aliphatic rings. The number of fused-ring (bicyclic) bond motifs is 2. The first-order valence-corrected chi connectivity index (χ1v) is 7.35. The summed E-state index contributed by atoms with van der Waals surface area (Å²) in [4.78, 5) is 35.3. The van der Waals surface area contributed by atoms with Crippen molar-refractivity contribution < 1.29 is 9.59 Å². The highest BCUT2D eigenvalue weighted by Crippen LogP contribution is 2.36. The number of benzene rings is 1. The second-order valence-corrected chi connectivity index (χ2v) is 5.22. The van der Waals surface area contributed by atoms with E-state index in [4.69, 9.17) is 0 Å². The molecule has 0 atom stereocenters. The molecule has 0 spiro atoms. The molecule has 0 saturated heterocycles. The van der Waals surface area contributed by atoms with E-state index >= 15 is 0 Å². The van der Waals surface area contributed by atoms with Gasteiger partial charge in [-0.05, 0) is 36.4 Å². The molecule has 2 amide bonds. The molecule has 2 aromatic heterocycles. The minimum atomic E-state index is -0.277. The third kappa shape index (κ3) is 2.21. The van der Waals surface area contributed by atoms with Crippen LogP contribution in [-0.4, -0.2) is 21.8 Å². The minimum absolute atomic E-state index is 0.273. The number of amides is 2. The van der Waals surface area contributed by atoms with Crippen molar-refractivity contribution in [3.63, 3.8) is 0 Å². The molecule has 0 saturated carbocycles. The maximum atomic E-state index is 13.1. The normalized spacial score (nSPS) is 12.7. The van der Waals surface area contributed by atoms with Crippen LogP contribution in [0.25, 0.3) is 0 Å². The van der Waals surface area contributed by atoms with E-state index < -0.39 is 0 Å². The van der Waals surface area contributed by atoms with Crippen LogP contribution in [0.1, 0.15) is 20.7 Å². The molecule has 3 heterocycles. The summed E-state index contributed by atoms with van der Waals surface area (Å²) in [6.07, 6.45) is 4.70. The number of para-hydroxylation sites is 1. The average molecular weight is 316 g/mol. The summed E-state index contributed by atoms with van der Waals surface area (Å²) in [5, 5.41) is 2.81. The predicted molar refractivity (Wildman–Crippen MR) is 89.3 cm³/mol. The summed E-state index contributed by atoms with van der Waals surface area (Å²) in [5.41, 5.74) is 1.86. The smallest absolute Gasteiger partial charge is 0.264 e. The number of hydrogen-bond acceptors (Lipinski definition) is 4. The molecule has 1 aliphatic heterocycles. The van der Waals surface area contributed by atoms with Crippen molar-refractivity contribution in [3.05, 3.63) is 78.2 Å². The molecular weight excluding hydrogens is 304 g/mol. The van der Waals surface area contributed by atoms with Gasteiger partial charge >= 0.3 is 0 Å². The lowest BCUT2D eigenvalue weighted by Crippen LogP contribution is -2.27.